The SMILES string of the molecule is C=C(F)OC(=O)/C=C\C(=O)OC. The van der Waals surface area contributed by atoms with Crippen LogP contribution < -0.4 is 0 Å². The van der Waals surface area contributed by atoms with E-state index in [9.17, 15) is 14.0 Å². The summed E-state index contributed by atoms with van der Waals surface area (Å²) < 4.78 is 19.8. The molecule has 0 spiro atoms. The summed E-state index contributed by atoms with van der Waals surface area (Å²) in [4.78, 5) is 20.8. The number of rotatable bonds is 3. The molecule has 66 valence electrons. The number of hydrogen-bond acceptors (Lipinski definition) is 4. The minimum Gasteiger partial charge on any atom is -0.466 e. The molecule has 0 saturated heterocycles. The van der Waals surface area contributed by atoms with E-state index in [1.165, 1.54) is 0 Å². The van der Waals surface area contributed by atoms with Crippen molar-refractivity contribution in [3.05, 3.63) is 24.7 Å². The van der Waals surface area contributed by atoms with E-state index in [0.29, 0.717) is 0 Å². The molecule has 0 bridgehead atoms. The summed E-state index contributed by atoms with van der Waals surface area (Å²) in [6, 6.07) is -1.23. The van der Waals surface area contributed by atoms with Crippen molar-refractivity contribution in [3.63, 3.8) is 0 Å². The van der Waals surface area contributed by atoms with Gasteiger partial charge in [-0.3, -0.25) is 0 Å². The first kappa shape index (κ1) is 10.3. The van der Waals surface area contributed by atoms with E-state index in [2.05, 4.69) is 16.1 Å². The van der Waals surface area contributed by atoms with Crippen LogP contribution in [0.1, 0.15) is 0 Å². The summed E-state index contributed by atoms with van der Waals surface area (Å²) in [6.07, 6.45) is 1.54. The Labute approximate surface area is 68.3 Å². The molecule has 0 aromatic heterocycles. The van der Waals surface area contributed by atoms with Crippen molar-refractivity contribution in [2.24, 2.45) is 0 Å². The zero-order chi connectivity index (χ0) is 9.56. The Kier molecular flexibility index (Phi) is 4.36. The molecule has 0 heterocycles. The van der Waals surface area contributed by atoms with Crippen LogP contribution in [0.3, 0.4) is 0 Å². The monoisotopic (exact) mass is 174 g/mol. The van der Waals surface area contributed by atoms with Gasteiger partial charge in [0.15, 0.2) is 0 Å². The summed E-state index contributed by atoms with van der Waals surface area (Å²) in [5.41, 5.74) is 0. The van der Waals surface area contributed by atoms with Crippen molar-refractivity contribution < 1.29 is 23.5 Å². The fraction of sp³-hybridized carbons (Fsp3) is 0.143. The third kappa shape index (κ3) is 5.16. The van der Waals surface area contributed by atoms with Crippen LogP contribution in [-0.4, -0.2) is 19.0 Å². The van der Waals surface area contributed by atoms with Gasteiger partial charge in [0, 0.05) is 12.2 Å². The highest BCUT2D eigenvalue weighted by Crippen LogP contribution is 1.95. The van der Waals surface area contributed by atoms with Crippen molar-refractivity contribution in [1.82, 2.24) is 0 Å². The first-order valence-electron chi connectivity index (χ1n) is 2.88. The van der Waals surface area contributed by atoms with Crippen LogP contribution in [0.15, 0.2) is 24.7 Å². The van der Waals surface area contributed by atoms with Crippen LogP contribution in [0.2, 0.25) is 0 Å². The van der Waals surface area contributed by atoms with E-state index in [1.54, 1.807) is 0 Å². The van der Waals surface area contributed by atoms with E-state index >= 15 is 0 Å². The van der Waals surface area contributed by atoms with Crippen molar-refractivity contribution in [1.29, 1.82) is 0 Å². The molecule has 0 fully saturated rings. The zero-order valence-corrected chi connectivity index (χ0v) is 6.37. The standard InChI is InChI=1S/C7H7FO4/c1-5(8)12-7(10)4-3-6(9)11-2/h3-4H,1H2,2H3/b4-3-. The summed E-state index contributed by atoms with van der Waals surface area (Å²) in [5, 5.41) is 0. The minimum absolute atomic E-state index is 0.726. The normalized spacial score (nSPS) is 9.50. The fourth-order valence-corrected chi connectivity index (χ4v) is 0.347. The Bertz CT molecular complexity index is 232. The molecule has 4 nitrogen and oxygen atoms in total. The lowest BCUT2D eigenvalue weighted by atomic mass is 10.5. The Morgan fingerprint density at radius 2 is 1.83 bits per heavy atom. The maximum atomic E-state index is 11.8. The second kappa shape index (κ2) is 5.06. The average Bonchev–Trinajstić information content (AvgIpc) is 1.99. The number of carbonyl (C=O) groups is 2. The molecule has 0 aliphatic rings. The largest absolute Gasteiger partial charge is 0.466 e. The molecule has 5 heteroatoms. The molecule has 0 aromatic rings. The van der Waals surface area contributed by atoms with Crippen LogP contribution in [-0.2, 0) is 19.1 Å². The number of ether oxygens (including phenoxy) is 2. The first-order valence-corrected chi connectivity index (χ1v) is 2.88. The maximum absolute atomic E-state index is 11.8. The van der Waals surface area contributed by atoms with Crippen LogP contribution in [0.25, 0.3) is 0 Å². The van der Waals surface area contributed by atoms with Gasteiger partial charge in [-0.25, -0.2) is 9.59 Å². The molecule has 0 N–H and O–H groups in total. The topological polar surface area (TPSA) is 52.6 Å². The van der Waals surface area contributed by atoms with Crippen molar-refractivity contribution >= 4 is 11.9 Å². The molecule has 0 saturated carbocycles. The third-order valence-electron chi connectivity index (χ3n) is 0.768. The molecular formula is C7H7FO4. The molecule has 0 rings (SSSR count). The van der Waals surface area contributed by atoms with E-state index in [1.807, 2.05) is 0 Å². The Hall–Kier alpha value is -1.65. The van der Waals surface area contributed by atoms with E-state index < -0.39 is 18.0 Å². The Balaban J connectivity index is 3.91. The van der Waals surface area contributed by atoms with Gasteiger partial charge in [-0.2, -0.15) is 4.39 Å². The van der Waals surface area contributed by atoms with E-state index in [-0.39, 0.29) is 0 Å². The predicted octanol–water partition coefficient (Wildman–Crippen LogP) is 0.699. The summed E-state index contributed by atoms with van der Waals surface area (Å²) >= 11 is 0. The second-order valence-electron chi connectivity index (χ2n) is 1.63. The average molecular weight is 174 g/mol. The van der Waals surface area contributed by atoms with Gasteiger partial charge in [0.1, 0.15) is 0 Å². The number of hydrogen-bond donors (Lipinski definition) is 0. The molecule has 0 amide bonds. The number of halogens is 1. The molecular weight excluding hydrogens is 167 g/mol. The highest BCUT2D eigenvalue weighted by Gasteiger charge is 2.00. The molecule has 0 aliphatic heterocycles. The van der Waals surface area contributed by atoms with Gasteiger partial charge in [-0.1, -0.05) is 0 Å². The van der Waals surface area contributed by atoms with Crippen LogP contribution in [0, 0.1) is 0 Å². The summed E-state index contributed by atoms with van der Waals surface area (Å²) in [6.45, 7) is 2.68. The smallest absolute Gasteiger partial charge is 0.338 e. The molecule has 0 unspecified atom stereocenters. The lowest BCUT2D eigenvalue weighted by Crippen LogP contribution is -2.00. The number of methoxy groups -OCH3 is 1. The molecule has 12 heavy (non-hydrogen) atoms. The van der Waals surface area contributed by atoms with Gasteiger partial charge >= 0.3 is 11.9 Å². The molecule has 0 aromatic carbocycles. The van der Waals surface area contributed by atoms with Gasteiger partial charge in [-0.05, 0) is 6.58 Å². The number of esters is 2. The molecule has 0 radical (unpaired) electrons. The molecule has 0 aliphatic carbocycles. The van der Waals surface area contributed by atoms with Gasteiger partial charge in [0.05, 0.1) is 7.11 Å². The van der Waals surface area contributed by atoms with Crippen LogP contribution in [0.4, 0.5) is 4.39 Å². The van der Waals surface area contributed by atoms with Crippen molar-refractivity contribution in [3.8, 4) is 0 Å². The second-order valence-corrected chi connectivity index (χ2v) is 1.63. The summed E-state index contributed by atoms with van der Waals surface area (Å²) in [5.74, 6) is -1.75. The highest BCUT2D eigenvalue weighted by atomic mass is 19.1. The Morgan fingerprint density at radius 3 is 2.25 bits per heavy atom. The highest BCUT2D eigenvalue weighted by molar-refractivity contribution is 5.91. The van der Waals surface area contributed by atoms with Gasteiger partial charge in [0.25, 0.3) is 6.01 Å². The van der Waals surface area contributed by atoms with Crippen LogP contribution in [0.5, 0.6) is 0 Å². The lowest BCUT2D eigenvalue weighted by molar-refractivity contribution is -0.138. The van der Waals surface area contributed by atoms with E-state index in [4.69, 9.17) is 0 Å². The van der Waals surface area contributed by atoms with E-state index in [0.717, 1.165) is 19.3 Å². The van der Waals surface area contributed by atoms with Crippen molar-refractivity contribution in [2.75, 3.05) is 7.11 Å². The third-order valence-corrected chi connectivity index (χ3v) is 0.768. The lowest BCUT2D eigenvalue weighted by Gasteiger charge is -1.93. The van der Waals surface area contributed by atoms with Gasteiger partial charge in [-0.15, -0.1) is 0 Å². The fourth-order valence-electron chi connectivity index (χ4n) is 0.347. The van der Waals surface area contributed by atoms with Gasteiger partial charge < -0.3 is 9.47 Å². The molecule has 0 atom stereocenters. The number of carbonyl (C=O) groups excluding carboxylic acids is 2. The maximum Gasteiger partial charge on any atom is 0.338 e. The zero-order valence-electron chi connectivity index (χ0n) is 6.37. The van der Waals surface area contributed by atoms with Crippen LogP contribution >= 0.6 is 0 Å². The Morgan fingerprint density at radius 1 is 1.33 bits per heavy atom. The predicted molar refractivity (Wildman–Crippen MR) is 37.5 cm³/mol. The summed E-state index contributed by atoms with van der Waals surface area (Å²) in [7, 11) is 1.14. The van der Waals surface area contributed by atoms with Crippen molar-refractivity contribution in [2.45, 2.75) is 0 Å². The van der Waals surface area contributed by atoms with Gasteiger partial charge in [0.2, 0.25) is 0 Å². The first-order chi connectivity index (χ1) is 5.56. The minimum atomic E-state index is -1.23. The quantitative estimate of drug-likeness (QED) is 0.359.